The van der Waals surface area contributed by atoms with E-state index in [0.717, 1.165) is 0 Å². The number of benzene rings is 3. The van der Waals surface area contributed by atoms with E-state index in [4.69, 9.17) is 9.88 Å². The van der Waals surface area contributed by atoms with E-state index >= 15 is 0 Å². The fourth-order valence-electron chi connectivity index (χ4n) is 4.50. The molecule has 15 nitrogen and oxygen atoms in total. The number of rotatable bonds is 8. The summed E-state index contributed by atoms with van der Waals surface area (Å²) in [6.45, 7) is 2.88. The zero-order valence-electron chi connectivity index (χ0n) is 25.0. The summed E-state index contributed by atoms with van der Waals surface area (Å²) in [6.07, 6.45) is -0.428. The van der Waals surface area contributed by atoms with Crippen LogP contribution in [0.15, 0.2) is 87.6 Å². The maximum Gasteiger partial charge on any atom is 0.409 e. The molecule has 0 aliphatic carbocycles. The minimum atomic E-state index is -3.92. The Morgan fingerprint density at radius 2 is 1.41 bits per heavy atom. The molecule has 1 fully saturated rings. The van der Waals surface area contributed by atoms with Gasteiger partial charge >= 0.3 is 12.1 Å². The van der Waals surface area contributed by atoms with E-state index in [1.54, 1.807) is 29.2 Å². The van der Waals surface area contributed by atoms with Gasteiger partial charge in [0.2, 0.25) is 26.0 Å². The van der Waals surface area contributed by atoms with Gasteiger partial charge in [-0.1, -0.05) is 24.3 Å². The Hall–Kier alpha value is -4.84. The second-order valence-electron chi connectivity index (χ2n) is 10.1. The molecule has 1 aliphatic rings. The van der Waals surface area contributed by atoms with Gasteiger partial charge in [0, 0.05) is 56.6 Å². The van der Waals surface area contributed by atoms with Crippen molar-refractivity contribution >= 4 is 55.3 Å². The van der Waals surface area contributed by atoms with Crippen LogP contribution in [-0.4, -0.2) is 83.8 Å². The maximum atomic E-state index is 12.8. The predicted octanol–water partition coefficient (Wildman–Crippen LogP) is 2.13. The number of piperazine rings is 1. The summed E-state index contributed by atoms with van der Waals surface area (Å²) in [4.78, 5) is 44.0. The van der Waals surface area contributed by atoms with Crippen LogP contribution >= 0.6 is 0 Å². The summed E-state index contributed by atoms with van der Waals surface area (Å²) in [7, 11) is -6.46. The fraction of sp³-hybridized carbons (Fsp3) is 0.241. The van der Waals surface area contributed by atoms with E-state index in [-0.39, 0.29) is 16.3 Å². The molecule has 0 atom stereocenters. The van der Waals surface area contributed by atoms with Crippen LogP contribution in [0.25, 0.3) is 0 Å². The number of anilines is 2. The fourth-order valence-corrected chi connectivity index (χ4v) is 6.04. The Morgan fingerprint density at radius 3 is 2.00 bits per heavy atom. The highest BCUT2D eigenvalue weighted by Gasteiger charge is 2.25. The summed E-state index contributed by atoms with van der Waals surface area (Å²) in [5.41, 5.74) is 1.85. The third-order valence-electron chi connectivity index (χ3n) is 6.79. The molecule has 1 saturated heterocycles. The average Bonchev–Trinajstić information content (AvgIpc) is 3.02. The van der Waals surface area contributed by atoms with Crippen LogP contribution in [0.3, 0.4) is 0 Å². The monoisotopic (exact) mass is 671 g/mol. The number of primary sulfonamides is 1. The second-order valence-corrected chi connectivity index (χ2v) is 13.4. The normalized spacial score (nSPS) is 14.0. The number of amidine groups is 1. The van der Waals surface area contributed by atoms with Gasteiger partial charge in [-0.15, -0.1) is 0 Å². The molecule has 0 radical (unpaired) electrons. The standard InChI is InChI=1S/C29H33N7O8S2/c1-20(37)32-27(35-14-16-36(17-15-35)29(39)44-2)22-4-3-5-24(18-22)34-28(38)33-23-8-12-26(13-9-23)46(42,43)31-19-21-6-10-25(11-7-21)45(30,40)41/h3-13,18,31H,14-17,19H2,1-2H3,(H2,30,40,41)(H2,33,34,38)/b32-27+. The number of methoxy groups -OCH3 is 1. The molecule has 46 heavy (non-hydrogen) atoms. The number of nitrogens with two attached hydrogens (primary N) is 1. The van der Waals surface area contributed by atoms with Crippen molar-refractivity contribution in [1.29, 1.82) is 0 Å². The topological polar surface area (TPSA) is 210 Å². The zero-order chi connectivity index (χ0) is 33.5. The van der Waals surface area contributed by atoms with Crippen molar-refractivity contribution in [2.75, 3.05) is 43.9 Å². The molecule has 1 aliphatic heterocycles. The molecular formula is C29H33N7O8S2. The molecular weight excluding hydrogens is 638 g/mol. The Balaban J connectivity index is 1.36. The van der Waals surface area contributed by atoms with E-state index in [2.05, 4.69) is 20.3 Å². The smallest absolute Gasteiger partial charge is 0.409 e. The van der Waals surface area contributed by atoms with Gasteiger partial charge in [-0.05, 0) is 54.1 Å². The summed E-state index contributed by atoms with van der Waals surface area (Å²) >= 11 is 0. The number of carbonyl (C=O) groups is 3. The lowest BCUT2D eigenvalue weighted by molar-refractivity contribution is -0.115. The lowest BCUT2D eigenvalue weighted by Gasteiger charge is -2.35. The largest absolute Gasteiger partial charge is 0.453 e. The van der Waals surface area contributed by atoms with E-state index < -0.39 is 38.1 Å². The number of hydrogen-bond acceptors (Lipinski definition) is 8. The summed E-state index contributed by atoms with van der Waals surface area (Å²) in [5.74, 6) is 0.00737. The molecule has 3 aromatic carbocycles. The first-order chi connectivity index (χ1) is 21.7. The van der Waals surface area contributed by atoms with Crippen molar-refractivity contribution in [2.45, 2.75) is 23.3 Å². The van der Waals surface area contributed by atoms with Crippen molar-refractivity contribution in [3.05, 3.63) is 83.9 Å². The van der Waals surface area contributed by atoms with Crippen LogP contribution in [-0.2, 0) is 36.1 Å². The Labute approximate surface area is 266 Å². The van der Waals surface area contributed by atoms with E-state index in [1.165, 1.54) is 62.6 Å². The summed E-state index contributed by atoms with van der Waals surface area (Å²) in [6, 6.07) is 17.2. The van der Waals surface area contributed by atoms with Gasteiger partial charge in [-0.3, -0.25) is 4.79 Å². The van der Waals surface area contributed by atoms with Crippen molar-refractivity contribution in [3.63, 3.8) is 0 Å². The molecule has 4 amide bonds. The molecule has 0 saturated carbocycles. The molecule has 1 heterocycles. The average molecular weight is 672 g/mol. The molecule has 3 aromatic rings. The molecule has 0 spiro atoms. The minimum Gasteiger partial charge on any atom is -0.453 e. The molecule has 0 bridgehead atoms. The van der Waals surface area contributed by atoms with Gasteiger partial charge in [-0.25, -0.2) is 36.3 Å². The first kappa shape index (κ1) is 34.0. The maximum absolute atomic E-state index is 12.8. The Kier molecular flexibility index (Phi) is 10.7. The van der Waals surface area contributed by atoms with Gasteiger partial charge < -0.3 is 25.2 Å². The van der Waals surface area contributed by atoms with Crippen molar-refractivity contribution < 1.29 is 36.0 Å². The number of nitrogens with one attached hydrogen (secondary N) is 3. The quantitative estimate of drug-likeness (QED) is 0.204. The van der Waals surface area contributed by atoms with Gasteiger partial charge in [0.1, 0.15) is 5.84 Å². The first-order valence-corrected chi connectivity index (χ1v) is 16.8. The lowest BCUT2D eigenvalue weighted by atomic mass is 10.1. The predicted molar refractivity (Wildman–Crippen MR) is 170 cm³/mol. The van der Waals surface area contributed by atoms with Crippen LogP contribution in [0, 0.1) is 0 Å². The lowest BCUT2D eigenvalue weighted by Crippen LogP contribution is -2.51. The third-order valence-corrected chi connectivity index (χ3v) is 9.14. The summed E-state index contributed by atoms with van der Waals surface area (Å²) < 4.78 is 55.5. The number of sulfonamides is 2. The van der Waals surface area contributed by atoms with Gasteiger partial charge in [-0.2, -0.15) is 4.99 Å². The number of carbonyl (C=O) groups excluding carboxylic acids is 3. The Bertz CT molecular complexity index is 1840. The van der Waals surface area contributed by atoms with Crippen LogP contribution in [0.5, 0.6) is 0 Å². The highest BCUT2D eigenvalue weighted by atomic mass is 32.2. The summed E-state index contributed by atoms with van der Waals surface area (Å²) in [5, 5.41) is 10.4. The number of urea groups is 1. The number of aliphatic imine (C=N–C) groups is 1. The Morgan fingerprint density at radius 1 is 0.826 bits per heavy atom. The minimum absolute atomic E-state index is 0.0444. The van der Waals surface area contributed by atoms with Crippen LogP contribution < -0.4 is 20.5 Å². The number of amides is 4. The first-order valence-electron chi connectivity index (χ1n) is 13.8. The molecule has 244 valence electrons. The van der Waals surface area contributed by atoms with Crippen molar-refractivity contribution in [1.82, 2.24) is 14.5 Å². The molecule has 4 rings (SSSR count). The molecule has 17 heteroatoms. The second kappa shape index (κ2) is 14.5. The molecule has 0 unspecified atom stereocenters. The van der Waals surface area contributed by atoms with E-state index in [9.17, 15) is 31.2 Å². The molecule has 0 aromatic heterocycles. The van der Waals surface area contributed by atoms with Crippen LogP contribution in [0.1, 0.15) is 18.1 Å². The van der Waals surface area contributed by atoms with Crippen LogP contribution in [0.2, 0.25) is 0 Å². The zero-order valence-corrected chi connectivity index (χ0v) is 26.6. The van der Waals surface area contributed by atoms with E-state index in [1.807, 2.05) is 4.90 Å². The molecule has 5 N–H and O–H groups in total. The van der Waals surface area contributed by atoms with Gasteiger partial charge in [0.15, 0.2) is 0 Å². The van der Waals surface area contributed by atoms with Gasteiger partial charge in [0.25, 0.3) is 0 Å². The van der Waals surface area contributed by atoms with E-state index in [0.29, 0.717) is 54.5 Å². The highest BCUT2D eigenvalue weighted by Crippen LogP contribution is 2.18. The number of nitrogens with zero attached hydrogens (tertiary/aromatic N) is 3. The van der Waals surface area contributed by atoms with Crippen LogP contribution in [0.4, 0.5) is 21.0 Å². The third kappa shape index (κ3) is 9.10. The number of hydrogen-bond donors (Lipinski definition) is 4. The van der Waals surface area contributed by atoms with Gasteiger partial charge in [0.05, 0.1) is 16.9 Å². The van der Waals surface area contributed by atoms with Crippen molar-refractivity contribution in [3.8, 4) is 0 Å². The highest BCUT2D eigenvalue weighted by molar-refractivity contribution is 7.89. The van der Waals surface area contributed by atoms with Crippen molar-refractivity contribution in [2.24, 2.45) is 10.1 Å². The number of ether oxygens (including phenoxy) is 1. The SMILES string of the molecule is COC(=O)N1CCN(/C(=N/C(C)=O)c2cccc(NC(=O)Nc3ccc(S(=O)(=O)NCc4ccc(S(N)(=O)=O)cc4)cc3)c2)CC1.